The fourth-order valence-corrected chi connectivity index (χ4v) is 2.88. The molecule has 0 aliphatic carbocycles. The van der Waals surface area contributed by atoms with Crippen molar-refractivity contribution in [2.45, 2.75) is 37.8 Å². The first-order chi connectivity index (χ1) is 11.4. The molecule has 11 nitrogen and oxygen atoms in total. The van der Waals surface area contributed by atoms with E-state index in [4.69, 9.17) is 15.1 Å². The van der Waals surface area contributed by atoms with Crippen molar-refractivity contribution in [1.29, 1.82) is 0 Å². The van der Waals surface area contributed by atoms with Crippen molar-refractivity contribution >= 4 is 23.9 Å². The third-order valence-corrected chi connectivity index (χ3v) is 4.00. The molecule has 134 valence electrons. The molecule has 2 atom stereocenters. The van der Waals surface area contributed by atoms with Gasteiger partial charge in [0.05, 0.1) is 0 Å². The van der Waals surface area contributed by atoms with Gasteiger partial charge in [-0.25, -0.2) is 20.1 Å². The molecule has 2 aliphatic heterocycles. The molecule has 0 bridgehead atoms. The standard InChI is InChI=1S/C13H20N4O7/c18-10(16-5-1-3-8(16)11(19)20)7-24-15-13(23)14-17-6-2-4-9(17)12(21)22/h8-9H,1-7H2,(H,19,20)(H,21,22)(H2,14,15,23)/t8-,9-/m1/s1. The van der Waals surface area contributed by atoms with E-state index in [-0.39, 0.29) is 0 Å². The second-order valence-electron chi connectivity index (χ2n) is 5.60. The molecule has 11 heteroatoms. The van der Waals surface area contributed by atoms with Crippen LogP contribution in [0.4, 0.5) is 4.79 Å². The number of likely N-dealkylation sites (tertiary alicyclic amines) is 1. The Hall–Kier alpha value is -2.40. The van der Waals surface area contributed by atoms with Gasteiger partial charge in [-0.3, -0.25) is 19.9 Å². The Bertz CT molecular complexity index is 526. The number of hydroxylamine groups is 1. The maximum absolute atomic E-state index is 11.9. The van der Waals surface area contributed by atoms with E-state index in [1.165, 1.54) is 9.91 Å². The number of urea groups is 1. The molecule has 0 unspecified atom stereocenters. The van der Waals surface area contributed by atoms with Crippen molar-refractivity contribution < 1.29 is 34.2 Å². The molecule has 24 heavy (non-hydrogen) atoms. The lowest BCUT2D eigenvalue weighted by Gasteiger charge is -2.23. The van der Waals surface area contributed by atoms with Gasteiger partial charge in [0.25, 0.3) is 5.91 Å². The van der Waals surface area contributed by atoms with Crippen molar-refractivity contribution in [3.63, 3.8) is 0 Å². The first-order valence-corrected chi connectivity index (χ1v) is 7.60. The van der Waals surface area contributed by atoms with Crippen LogP contribution in [-0.4, -0.2) is 75.8 Å². The van der Waals surface area contributed by atoms with Gasteiger partial charge in [0.2, 0.25) is 0 Å². The minimum Gasteiger partial charge on any atom is -0.480 e. The van der Waals surface area contributed by atoms with Crippen molar-refractivity contribution in [2.24, 2.45) is 0 Å². The first kappa shape index (κ1) is 17.9. The summed E-state index contributed by atoms with van der Waals surface area (Å²) >= 11 is 0. The summed E-state index contributed by atoms with van der Waals surface area (Å²) in [6.45, 7) is 0.233. The quantitative estimate of drug-likeness (QED) is 0.437. The van der Waals surface area contributed by atoms with Crippen LogP contribution in [0.25, 0.3) is 0 Å². The van der Waals surface area contributed by atoms with Gasteiger partial charge in [-0.1, -0.05) is 0 Å². The zero-order valence-electron chi connectivity index (χ0n) is 12.9. The average molecular weight is 344 g/mol. The maximum Gasteiger partial charge on any atom is 0.353 e. The monoisotopic (exact) mass is 344 g/mol. The van der Waals surface area contributed by atoms with Gasteiger partial charge in [-0.2, -0.15) is 0 Å². The molecular formula is C13H20N4O7. The van der Waals surface area contributed by atoms with Crippen molar-refractivity contribution in [1.82, 2.24) is 20.8 Å². The van der Waals surface area contributed by atoms with Crippen LogP contribution in [0.3, 0.4) is 0 Å². The number of aliphatic carboxylic acids is 2. The highest BCUT2D eigenvalue weighted by atomic mass is 16.7. The van der Waals surface area contributed by atoms with Gasteiger partial charge in [0.1, 0.15) is 12.1 Å². The van der Waals surface area contributed by atoms with Crippen molar-refractivity contribution in [3.05, 3.63) is 0 Å². The lowest BCUT2D eigenvalue weighted by atomic mass is 10.2. The highest BCUT2D eigenvalue weighted by molar-refractivity contribution is 5.85. The number of carboxylic acid groups (broad SMARTS) is 2. The Labute approximate surface area is 137 Å². The highest BCUT2D eigenvalue weighted by Crippen LogP contribution is 2.17. The third kappa shape index (κ3) is 4.32. The summed E-state index contributed by atoms with van der Waals surface area (Å²) in [6, 6.07) is -2.46. The number of amides is 3. The molecule has 2 heterocycles. The lowest BCUT2D eigenvalue weighted by molar-refractivity contribution is -0.150. The van der Waals surface area contributed by atoms with Gasteiger partial charge < -0.3 is 15.1 Å². The molecule has 0 saturated carbocycles. The summed E-state index contributed by atoms with van der Waals surface area (Å²) in [5, 5.41) is 19.3. The van der Waals surface area contributed by atoms with Gasteiger partial charge in [0.15, 0.2) is 6.61 Å². The number of hydrogen-bond donors (Lipinski definition) is 4. The molecule has 2 rings (SSSR count). The normalized spacial score (nSPS) is 23.9. The van der Waals surface area contributed by atoms with E-state index in [1.54, 1.807) is 0 Å². The molecule has 0 aromatic rings. The zero-order chi connectivity index (χ0) is 17.7. The molecule has 4 N–H and O–H groups in total. The predicted molar refractivity (Wildman–Crippen MR) is 77.4 cm³/mol. The van der Waals surface area contributed by atoms with Crippen LogP contribution >= 0.6 is 0 Å². The Morgan fingerprint density at radius 1 is 1.00 bits per heavy atom. The molecule has 0 radical (unpaired) electrons. The molecular weight excluding hydrogens is 324 g/mol. The third-order valence-electron chi connectivity index (χ3n) is 4.00. The van der Waals surface area contributed by atoms with E-state index in [1.807, 2.05) is 5.48 Å². The number of hydrazine groups is 1. The fraction of sp³-hybridized carbons (Fsp3) is 0.692. The van der Waals surface area contributed by atoms with E-state index in [0.717, 1.165) is 0 Å². The van der Waals surface area contributed by atoms with E-state index >= 15 is 0 Å². The van der Waals surface area contributed by atoms with E-state index in [9.17, 15) is 19.2 Å². The summed E-state index contributed by atoms with van der Waals surface area (Å²) in [6.07, 6.45) is 2.06. The van der Waals surface area contributed by atoms with Gasteiger partial charge >= 0.3 is 18.0 Å². The second kappa shape index (κ2) is 7.93. The summed E-state index contributed by atoms with van der Waals surface area (Å²) in [7, 11) is 0. The van der Waals surface area contributed by atoms with Crippen LogP contribution in [0.5, 0.6) is 0 Å². The number of carboxylic acids is 2. The average Bonchev–Trinajstić information content (AvgIpc) is 3.15. The summed E-state index contributed by atoms with van der Waals surface area (Å²) in [5.41, 5.74) is 4.33. The van der Waals surface area contributed by atoms with Crippen LogP contribution in [0.2, 0.25) is 0 Å². The molecule has 0 spiro atoms. The molecule has 2 fully saturated rings. The van der Waals surface area contributed by atoms with E-state index in [0.29, 0.717) is 38.8 Å². The van der Waals surface area contributed by atoms with Crippen LogP contribution < -0.4 is 10.9 Å². The first-order valence-electron chi connectivity index (χ1n) is 7.60. The van der Waals surface area contributed by atoms with E-state index in [2.05, 4.69) is 5.43 Å². The Kier molecular flexibility index (Phi) is 5.93. The molecule has 0 aromatic carbocycles. The number of carbonyl (C=O) groups is 4. The summed E-state index contributed by atoms with van der Waals surface area (Å²) in [4.78, 5) is 51.5. The van der Waals surface area contributed by atoms with E-state index < -0.39 is 42.6 Å². The SMILES string of the molecule is O=C(NOCC(=O)N1CCC[C@@H]1C(=O)O)NN1CCC[C@@H]1C(=O)O. The van der Waals surface area contributed by atoms with Crippen LogP contribution in [0.15, 0.2) is 0 Å². The molecule has 2 aliphatic rings. The number of hydrogen-bond acceptors (Lipinski definition) is 6. The topological polar surface area (TPSA) is 149 Å². The van der Waals surface area contributed by atoms with Crippen LogP contribution in [0, 0.1) is 0 Å². The molecule has 0 aromatic heterocycles. The predicted octanol–water partition coefficient (Wildman–Crippen LogP) is -1.24. The van der Waals surface area contributed by atoms with Crippen molar-refractivity contribution in [3.8, 4) is 0 Å². The summed E-state index contributed by atoms with van der Waals surface area (Å²) < 4.78 is 0. The van der Waals surface area contributed by atoms with Gasteiger partial charge in [-0.15, -0.1) is 0 Å². The smallest absolute Gasteiger partial charge is 0.353 e. The summed E-state index contributed by atoms with van der Waals surface area (Å²) in [5.74, 6) is -2.64. The Morgan fingerprint density at radius 3 is 2.29 bits per heavy atom. The fourth-order valence-electron chi connectivity index (χ4n) is 2.88. The maximum atomic E-state index is 11.9. The van der Waals surface area contributed by atoms with Crippen LogP contribution in [-0.2, 0) is 19.2 Å². The van der Waals surface area contributed by atoms with Gasteiger partial charge in [-0.05, 0) is 25.7 Å². The minimum atomic E-state index is -1.07. The highest BCUT2D eigenvalue weighted by Gasteiger charge is 2.34. The van der Waals surface area contributed by atoms with Crippen molar-refractivity contribution in [2.75, 3.05) is 19.7 Å². The van der Waals surface area contributed by atoms with Crippen LogP contribution in [0.1, 0.15) is 25.7 Å². The number of nitrogens with one attached hydrogen (secondary N) is 2. The molecule has 2 saturated heterocycles. The Balaban J connectivity index is 1.71. The van der Waals surface area contributed by atoms with Gasteiger partial charge in [0, 0.05) is 13.1 Å². The second-order valence-corrected chi connectivity index (χ2v) is 5.60. The minimum absolute atomic E-state index is 0.333. The lowest BCUT2D eigenvalue weighted by Crippen LogP contribution is -2.52. The number of rotatable bonds is 6. The Morgan fingerprint density at radius 2 is 1.62 bits per heavy atom. The molecule has 3 amide bonds. The zero-order valence-corrected chi connectivity index (χ0v) is 12.9. The number of carbonyl (C=O) groups excluding carboxylic acids is 2. The largest absolute Gasteiger partial charge is 0.480 e. The number of nitrogens with zero attached hydrogens (tertiary/aromatic N) is 2.